The van der Waals surface area contributed by atoms with E-state index in [1.165, 1.54) is 30.9 Å². The zero-order chi connectivity index (χ0) is 31.2. The van der Waals surface area contributed by atoms with Crippen molar-refractivity contribution in [2.75, 3.05) is 62.2 Å². The molecule has 6 rings (SSSR count). The van der Waals surface area contributed by atoms with Crippen molar-refractivity contribution in [3.8, 4) is 0 Å². The van der Waals surface area contributed by atoms with Crippen molar-refractivity contribution >= 4 is 42.2 Å². The molecule has 2 heterocycles. The highest BCUT2D eigenvalue weighted by Crippen LogP contribution is 2.33. The predicted octanol–water partition coefficient (Wildman–Crippen LogP) is 5.10. The third-order valence-electron chi connectivity index (χ3n) is 8.94. The van der Waals surface area contributed by atoms with Crippen LogP contribution in [0.25, 0.3) is 10.8 Å². The molecule has 0 amide bonds. The van der Waals surface area contributed by atoms with E-state index in [0.29, 0.717) is 63.1 Å². The van der Waals surface area contributed by atoms with Crippen LogP contribution in [0.15, 0.2) is 82.6 Å². The summed E-state index contributed by atoms with van der Waals surface area (Å²) in [7, 11) is -7.70. The summed E-state index contributed by atoms with van der Waals surface area (Å²) in [5.74, 6) is 0. The van der Waals surface area contributed by atoms with Crippen molar-refractivity contribution in [1.29, 1.82) is 0 Å². The van der Waals surface area contributed by atoms with E-state index in [9.17, 15) is 16.8 Å². The number of nitrogens with zero attached hydrogens (tertiary/aromatic N) is 4. The maximum absolute atomic E-state index is 14.0. The summed E-state index contributed by atoms with van der Waals surface area (Å²) in [5, 5.41) is 0.860. The minimum atomic E-state index is -3.85. The molecule has 4 aromatic carbocycles. The first-order valence-electron chi connectivity index (χ1n) is 15.1. The number of benzene rings is 4. The number of fused-ring (bicyclic) bond motifs is 1. The van der Waals surface area contributed by atoms with Gasteiger partial charge in [-0.1, -0.05) is 59.7 Å². The van der Waals surface area contributed by atoms with Crippen molar-refractivity contribution in [1.82, 2.24) is 8.61 Å². The van der Waals surface area contributed by atoms with Crippen LogP contribution in [0.5, 0.6) is 0 Å². The molecule has 0 aromatic heterocycles. The average molecular weight is 633 g/mol. The first-order chi connectivity index (χ1) is 21.0. The van der Waals surface area contributed by atoms with E-state index < -0.39 is 20.0 Å². The van der Waals surface area contributed by atoms with Gasteiger partial charge in [0.1, 0.15) is 0 Å². The molecule has 8 nitrogen and oxygen atoms in total. The second-order valence-electron chi connectivity index (χ2n) is 12.0. The van der Waals surface area contributed by atoms with Crippen LogP contribution in [0.2, 0.25) is 0 Å². The fourth-order valence-corrected chi connectivity index (χ4v) is 9.90. The summed E-state index contributed by atoms with van der Waals surface area (Å²) in [6, 6.07) is 22.6. The molecule has 232 valence electrons. The van der Waals surface area contributed by atoms with Crippen molar-refractivity contribution in [2.24, 2.45) is 0 Å². The minimum absolute atomic E-state index is 0.145. The number of rotatable bonds is 6. The Bertz CT molecular complexity index is 1790. The molecule has 0 atom stereocenters. The maximum atomic E-state index is 14.0. The van der Waals surface area contributed by atoms with Gasteiger partial charge < -0.3 is 9.80 Å². The second kappa shape index (κ2) is 11.8. The van der Waals surface area contributed by atoms with Gasteiger partial charge in [0.05, 0.1) is 9.79 Å². The normalized spacial score (nSPS) is 17.4. The van der Waals surface area contributed by atoms with Crippen LogP contribution in [-0.2, 0) is 20.0 Å². The highest BCUT2D eigenvalue weighted by atomic mass is 32.2. The summed E-state index contributed by atoms with van der Waals surface area (Å²) in [5.41, 5.74) is 7.00. The number of aryl methyl sites for hydroxylation is 4. The second-order valence-corrected chi connectivity index (χ2v) is 15.8. The quantitative estimate of drug-likeness (QED) is 0.295. The molecule has 0 radical (unpaired) electrons. The van der Waals surface area contributed by atoms with Gasteiger partial charge >= 0.3 is 0 Å². The fourth-order valence-electron chi connectivity index (χ4n) is 6.64. The van der Waals surface area contributed by atoms with Crippen LogP contribution in [0.3, 0.4) is 0 Å². The SMILES string of the molecule is Cc1ccc(N2CCN(S(=O)(=O)c3cccc4c(S(=O)(=O)N5CCN(c6ccc(C)cc6C)CC5)cccc34)CC2)c(C)c1. The number of piperazine rings is 2. The van der Waals surface area contributed by atoms with Crippen LogP contribution in [-0.4, -0.2) is 77.8 Å². The summed E-state index contributed by atoms with van der Waals surface area (Å²) < 4.78 is 59.0. The standard InChI is InChI=1S/C34H40N4O4S2/c1-25-11-13-31(27(3)23-25)35-15-19-37(20-16-35)43(39,40)33-9-5-8-30-29(33)7-6-10-34(30)44(41,42)38-21-17-36(18-22-38)32-14-12-26(2)24-28(32)4/h5-14,23-24H,15-22H2,1-4H3. The Morgan fingerprint density at radius 1 is 0.477 bits per heavy atom. The lowest BCUT2D eigenvalue weighted by Crippen LogP contribution is -2.49. The Labute approximate surface area is 261 Å². The van der Waals surface area contributed by atoms with E-state index in [2.05, 4.69) is 73.9 Å². The molecule has 2 saturated heterocycles. The molecule has 0 spiro atoms. The van der Waals surface area contributed by atoms with Crippen LogP contribution in [0.4, 0.5) is 11.4 Å². The zero-order valence-corrected chi connectivity index (χ0v) is 27.5. The maximum Gasteiger partial charge on any atom is 0.243 e. The van der Waals surface area contributed by atoms with E-state index in [1.807, 2.05) is 0 Å². The molecule has 44 heavy (non-hydrogen) atoms. The molecule has 10 heteroatoms. The monoisotopic (exact) mass is 632 g/mol. The fraction of sp³-hybridized carbons (Fsp3) is 0.353. The van der Waals surface area contributed by atoms with Gasteiger partial charge in [-0.2, -0.15) is 8.61 Å². The highest BCUT2D eigenvalue weighted by Gasteiger charge is 2.33. The molecule has 0 saturated carbocycles. The molecule has 0 unspecified atom stereocenters. The van der Waals surface area contributed by atoms with E-state index in [4.69, 9.17) is 0 Å². The molecule has 2 aliphatic heterocycles. The molecule has 4 aromatic rings. The Morgan fingerprint density at radius 2 is 0.841 bits per heavy atom. The highest BCUT2D eigenvalue weighted by molar-refractivity contribution is 7.89. The van der Waals surface area contributed by atoms with Crippen LogP contribution >= 0.6 is 0 Å². The zero-order valence-electron chi connectivity index (χ0n) is 25.8. The van der Waals surface area contributed by atoms with Gasteiger partial charge in [-0.15, -0.1) is 0 Å². The first kappa shape index (κ1) is 30.6. The lowest BCUT2D eigenvalue weighted by molar-refractivity contribution is 0.384. The smallest absolute Gasteiger partial charge is 0.243 e. The molecule has 0 bridgehead atoms. The summed E-state index contributed by atoms with van der Waals surface area (Å²) >= 11 is 0. The molecule has 0 aliphatic carbocycles. The Balaban J connectivity index is 1.23. The lowest BCUT2D eigenvalue weighted by atomic mass is 10.1. The van der Waals surface area contributed by atoms with Crippen molar-refractivity contribution in [2.45, 2.75) is 37.5 Å². The number of sulfonamides is 2. The minimum Gasteiger partial charge on any atom is -0.369 e. The number of hydrogen-bond acceptors (Lipinski definition) is 6. The van der Waals surface area contributed by atoms with Gasteiger partial charge in [0.25, 0.3) is 0 Å². The largest absolute Gasteiger partial charge is 0.369 e. The van der Waals surface area contributed by atoms with Gasteiger partial charge in [0.2, 0.25) is 20.0 Å². The summed E-state index contributed by atoms with van der Waals surface area (Å²) in [4.78, 5) is 4.75. The van der Waals surface area contributed by atoms with Crippen molar-refractivity contribution in [3.05, 3.63) is 95.1 Å². The average Bonchev–Trinajstić information content (AvgIpc) is 3.00. The van der Waals surface area contributed by atoms with Gasteiger partial charge in [-0.05, 0) is 63.1 Å². The summed E-state index contributed by atoms with van der Waals surface area (Å²) in [6.45, 7) is 12.1. The van der Waals surface area contributed by atoms with Gasteiger partial charge in [-0.25, -0.2) is 16.8 Å². The van der Waals surface area contributed by atoms with E-state index in [0.717, 1.165) is 11.4 Å². The Kier molecular flexibility index (Phi) is 8.21. The van der Waals surface area contributed by atoms with Crippen molar-refractivity contribution < 1.29 is 16.8 Å². The number of hydrogen-bond donors (Lipinski definition) is 0. The third kappa shape index (κ3) is 5.60. The lowest BCUT2D eigenvalue weighted by Gasteiger charge is -2.36. The van der Waals surface area contributed by atoms with Crippen LogP contribution < -0.4 is 9.80 Å². The molecular formula is C34H40N4O4S2. The van der Waals surface area contributed by atoms with Gasteiger partial charge in [0.15, 0.2) is 0 Å². The van der Waals surface area contributed by atoms with E-state index in [1.54, 1.807) is 36.4 Å². The predicted molar refractivity (Wildman–Crippen MR) is 178 cm³/mol. The first-order valence-corrected chi connectivity index (χ1v) is 18.0. The molecule has 2 aliphatic rings. The van der Waals surface area contributed by atoms with Crippen molar-refractivity contribution in [3.63, 3.8) is 0 Å². The number of anilines is 2. The Hall–Kier alpha value is -3.44. The Morgan fingerprint density at radius 3 is 1.18 bits per heavy atom. The topological polar surface area (TPSA) is 81.2 Å². The van der Waals surface area contributed by atoms with E-state index in [-0.39, 0.29) is 9.79 Å². The van der Waals surface area contributed by atoms with Gasteiger partial charge in [-0.3, -0.25) is 0 Å². The van der Waals surface area contributed by atoms with Crippen LogP contribution in [0, 0.1) is 27.7 Å². The molecule has 2 fully saturated rings. The third-order valence-corrected chi connectivity index (χ3v) is 12.9. The molecular weight excluding hydrogens is 593 g/mol. The van der Waals surface area contributed by atoms with Crippen LogP contribution in [0.1, 0.15) is 22.3 Å². The summed E-state index contributed by atoms with van der Waals surface area (Å²) in [6.07, 6.45) is 0. The molecule has 0 N–H and O–H groups in total. The van der Waals surface area contributed by atoms with E-state index >= 15 is 0 Å². The van der Waals surface area contributed by atoms with Gasteiger partial charge in [0, 0.05) is 74.5 Å².